The summed E-state index contributed by atoms with van der Waals surface area (Å²) >= 11 is 0. The van der Waals surface area contributed by atoms with E-state index in [0.717, 1.165) is 24.9 Å². The fourth-order valence-electron chi connectivity index (χ4n) is 2.83. The van der Waals surface area contributed by atoms with Crippen LogP contribution in [-0.4, -0.2) is 28.4 Å². The molecule has 1 aliphatic carbocycles. The Kier molecular flexibility index (Phi) is 5.12. The van der Waals surface area contributed by atoms with Crippen LogP contribution in [0.1, 0.15) is 55.6 Å². The molecule has 1 amide bonds. The molecule has 1 fully saturated rings. The van der Waals surface area contributed by atoms with E-state index in [-0.39, 0.29) is 5.91 Å². The molecule has 4 heteroatoms. The first-order valence-electron chi connectivity index (χ1n) is 7.57. The molecule has 1 aromatic heterocycles. The number of aromatic nitrogens is 1. The first-order valence-corrected chi connectivity index (χ1v) is 7.57. The molecule has 4 nitrogen and oxygen atoms in total. The standard InChI is InChI=1S/C16H25N3O/c1-12(2)11-19(14-5-3-4-6-14)16(20)15-8-7-13(9-17)10-18-15/h7-8,10,12,14H,3-6,9,11,17H2,1-2H3. The molecule has 2 N–H and O–H groups in total. The highest BCUT2D eigenvalue weighted by atomic mass is 16.2. The Morgan fingerprint density at radius 1 is 1.40 bits per heavy atom. The summed E-state index contributed by atoms with van der Waals surface area (Å²) in [5, 5.41) is 0. The lowest BCUT2D eigenvalue weighted by molar-refractivity contribution is 0.0649. The van der Waals surface area contributed by atoms with E-state index < -0.39 is 0 Å². The minimum atomic E-state index is 0.0640. The van der Waals surface area contributed by atoms with Gasteiger partial charge in [-0.3, -0.25) is 9.78 Å². The van der Waals surface area contributed by atoms with Crippen LogP contribution in [-0.2, 0) is 6.54 Å². The van der Waals surface area contributed by atoms with Crippen molar-refractivity contribution in [1.82, 2.24) is 9.88 Å². The van der Waals surface area contributed by atoms with Gasteiger partial charge in [-0.05, 0) is 30.4 Å². The van der Waals surface area contributed by atoms with Gasteiger partial charge in [0.15, 0.2) is 0 Å². The fraction of sp³-hybridized carbons (Fsp3) is 0.625. The SMILES string of the molecule is CC(C)CN(C(=O)c1ccc(CN)cn1)C1CCCC1. The smallest absolute Gasteiger partial charge is 0.272 e. The Hall–Kier alpha value is -1.42. The van der Waals surface area contributed by atoms with E-state index in [2.05, 4.69) is 18.8 Å². The van der Waals surface area contributed by atoms with Crippen molar-refractivity contribution in [3.63, 3.8) is 0 Å². The molecule has 1 saturated carbocycles. The van der Waals surface area contributed by atoms with Crippen LogP contribution in [0.15, 0.2) is 18.3 Å². The van der Waals surface area contributed by atoms with Gasteiger partial charge in [0.1, 0.15) is 5.69 Å². The van der Waals surface area contributed by atoms with Crippen LogP contribution in [0.25, 0.3) is 0 Å². The number of nitrogens with two attached hydrogens (primary N) is 1. The van der Waals surface area contributed by atoms with Crippen LogP contribution in [0.5, 0.6) is 0 Å². The van der Waals surface area contributed by atoms with E-state index in [1.165, 1.54) is 12.8 Å². The lowest BCUT2D eigenvalue weighted by Crippen LogP contribution is -2.41. The zero-order valence-corrected chi connectivity index (χ0v) is 12.5. The summed E-state index contributed by atoms with van der Waals surface area (Å²) in [7, 11) is 0. The molecule has 110 valence electrons. The minimum Gasteiger partial charge on any atom is -0.334 e. The van der Waals surface area contributed by atoms with Crippen molar-refractivity contribution < 1.29 is 4.79 Å². The summed E-state index contributed by atoms with van der Waals surface area (Å²) in [6, 6.07) is 4.08. The molecule has 0 atom stereocenters. The van der Waals surface area contributed by atoms with E-state index >= 15 is 0 Å². The predicted molar refractivity (Wildman–Crippen MR) is 80.3 cm³/mol. The molecule has 0 saturated heterocycles. The van der Waals surface area contributed by atoms with Gasteiger partial charge >= 0.3 is 0 Å². The highest BCUT2D eigenvalue weighted by Gasteiger charge is 2.28. The van der Waals surface area contributed by atoms with Crippen molar-refractivity contribution in [2.24, 2.45) is 11.7 Å². The Bertz CT molecular complexity index is 436. The average Bonchev–Trinajstić information content (AvgIpc) is 2.98. The summed E-state index contributed by atoms with van der Waals surface area (Å²) in [5.41, 5.74) is 7.06. The second-order valence-electron chi connectivity index (χ2n) is 6.05. The summed E-state index contributed by atoms with van der Waals surface area (Å²) in [6.07, 6.45) is 6.41. The summed E-state index contributed by atoms with van der Waals surface area (Å²) in [5.74, 6) is 0.539. The lowest BCUT2D eigenvalue weighted by Gasteiger charge is -2.30. The predicted octanol–water partition coefficient (Wildman–Crippen LogP) is 2.58. The zero-order chi connectivity index (χ0) is 14.5. The van der Waals surface area contributed by atoms with Crippen molar-refractivity contribution in [3.8, 4) is 0 Å². The Labute approximate surface area is 121 Å². The van der Waals surface area contributed by atoms with E-state index in [4.69, 9.17) is 5.73 Å². The Morgan fingerprint density at radius 3 is 2.60 bits per heavy atom. The minimum absolute atomic E-state index is 0.0640. The first-order chi connectivity index (χ1) is 9.61. The van der Waals surface area contributed by atoms with E-state index in [0.29, 0.717) is 24.2 Å². The van der Waals surface area contributed by atoms with Crippen LogP contribution in [0.3, 0.4) is 0 Å². The number of rotatable bonds is 5. The highest BCUT2D eigenvalue weighted by Crippen LogP contribution is 2.25. The Morgan fingerprint density at radius 2 is 2.10 bits per heavy atom. The monoisotopic (exact) mass is 275 g/mol. The molecular weight excluding hydrogens is 250 g/mol. The molecule has 1 aliphatic rings. The van der Waals surface area contributed by atoms with Gasteiger partial charge in [-0.15, -0.1) is 0 Å². The molecule has 1 heterocycles. The summed E-state index contributed by atoms with van der Waals surface area (Å²) in [4.78, 5) is 19.0. The number of nitrogens with zero attached hydrogens (tertiary/aromatic N) is 2. The van der Waals surface area contributed by atoms with Crippen molar-refractivity contribution in [3.05, 3.63) is 29.6 Å². The number of carbonyl (C=O) groups excluding carboxylic acids is 1. The largest absolute Gasteiger partial charge is 0.334 e. The molecule has 0 aliphatic heterocycles. The van der Waals surface area contributed by atoms with Crippen LogP contribution >= 0.6 is 0 Å². The molecule has 0 unspecified atom stereocenters. The van der Waals surface area contributed by atoms with Gasteiger partial charge in [-0.25, -0.2) is 0 Å². The molecule has 0 radical (unpaired) electrons. The molecule has 1 aromatic rings. The summed E-state index contributed by atoms with van der Waals surface area (Å²) < 4.78 is 0. The van der Waals surface area contributed by atoms with Crippen LogP contribution in [0.4, 0.5) is 0 Å². The topological polar surface area (TPSA) is 59.2 Å². The normalized spacial score (nSPS) is 15.8. The van der Waals surface area contributed by atoms with Crippen molar-refractivity contribution in [2.75, 3.05) is 6.54 Å². The van der Waals surface area contributed by atoms with E-state index in [9.17, 15) is 4.79 Å². The van der Waals surface area contributed by atoms with Gasteiger partial charge in [0.2, 0.25) is 0 Å². The Balaban J connectivity index is 2.15. The van der Waals surface area contributed by atoms with E-state index in [1.807, 2.05) is 11.0 Å². The molecule has 20 heavy (non-hydrogen) atoms. The molecule has 0 bridgehead atoms. The van der Waals surface area contributed by atoms with Crippen LogP contribution in [0, 0.1) is 5.92 Å². The third-order valence-corrected chi connectivity index (χ3v) is 3.87. The van der Waals surface area contributed by atoms with E-state index in [1.54, 1.807) is 12.3 Å². The first kappa shape index (κ1) is 15.0. The number of pyridine rings is 1. The second-order valence-corrected chi connectivity index (χ2v) is 6.05. The molecular formula is C16H25N3O. The van der Waals surface area contributed by atoms with Gasteiger partial charge in [0.25, 0.3) is 5.91 Å². The zero-order valence-electron chi connectivity index (χ0n) is 12.5. The molecule has 0 aromatic carbocycles. The van der Waals surface area contributed by atoms with Gasteiger partial charge in [-0.1, -0.05) is 32.8 Å². The second kappa shape index (κ2) is 6.84. The van der Waals surface area contributed by atoms with Crippen molar-refractivity contribution in [1.29, 1.82) is 0 Å². The lowest BCUT2D eigenvalue weighted by atomic mass is 10.1. The number of hydrogen-bond acceptors (Lipinski definition) is 3. The summed E-state index contributed by atoms with van der Waals surface area (Å²) in [6.45, 7) is 5.57. The number of amides is 1. The third-order valence-electron chi connectivity index (χ3n) is 3.87. The van der Waals surface area contributed by atoms with Crippen LogP contribution < -0.4 is 5.73 Å². The van der Waals surface area contributed by atoms with Crippen LogP contribution in [0.2, 0.25) is 0 Å². The van der Waals surface area contributed by atoms with Gasteiger partial charge < -0.3 is 10.6 Å². The maximum absolute atomic E-state index is 12.7. The van der Waals surface area contributed by atoms with Gasteiger partial charge in [-0.2, -0.15) is 0 Å². The maximum atomic E-state index is 12.7. The average molecular weight is 275 g/mol. The number of hydrogen-bond donors (Lipinski definition) is 1. The fourth-order valence-corrected chi connectivity index (χ4v) is 2.83. The molecule has 2 rings (SSSR count). The maximum Gasteiger partial charge on any atom is 0.272 e. The quantitative estimate of drug-likeness (QED) is 0.898. The third kappa shape index (κ3) is 3.57. The van der Waals surface area contributed by atoms with Gasteiger partial charge in [0.05, 0.1) is 0 Å². The molecule has 0 spiro atoms. The van der Waals surface area contributed by atoms with Crippen molar-refractivity contribution in [2.45, 2.75) is 52.1 Å². The van der Waals surface area contributed by atoms with Crippen molar-refractivity contribution >= 4 is 5.91 Å². The highest BCUT2D eigenvalue weighted by molar-refractivity contribution is 5.92. The van der Waals surface area contributed by atoms with Gasteiger partial charge in [0, 0.05) is 25.3 Å². The number of carbonyl (C=O) groups is 1.